The summed E-state index contributed by atoms with van der Waals surface area (Å²) < 4.78 is 24.5. The zero-order chi connectivity index (χ0) is 33.4. The third-order valence-corrected chi connectivity index (χ3v) is 13.8. The zero-order valence-electron chi connectivity index (χ0n) is 28.6. The Morgan fingerprint density at radius 1 is 1.04 bits per heavy atom. The fourth-order valence-corrected chi connectivity index (χ4v) is 7.01. The van der Waals surface area contributed by atoms with Crippen LogP contribution >= 0.6 is 0 Å². The number of rotatable bonds is 15. The summed E-state index contributed by atoms with van der Waals surface area (Å²) in [6, 6.07) is 17.3. The molecule has 1 aliphatic rings. The Labute approximate surface area is 271 Å². The molecule has 0 aromatic heterocycles. The van der Waals surface area contributed by atoms with Crippen LogP contribution in [0.5, 0.6) is 5.75 Å². The van der Waals surface area contributed by atoms with Crippen LogP contribution < -0.4 is 4.74 Å². The van der Waals surface area contributed by atoms with E-state index in [-0.39, 0.29) is 41.5 Å². The Hall–Kier alpha value is -3.20. The summed E-state index contributed by atoms with van der Waals surface area (Å²) in [5, 5.41) is -0.0933. The van der Waals surface area contributed by atoms with Crippen LogP contribution in [-0.2, 0) is 31.7 Å². The van der Waals surface area contributed by atoms with Crippen molar-refractivity contribution in [3.05, 3.63) is 90.5 Å². The van der Waals surface area contributed by atoms with Gasteiger partial charge in [-0.1, -0.05) is 109 Å². The first-order valence-electron chi connectivity index (χ1n) is 16.0. The maximum absolute atomic E-state index is 14.3. The molecule has 7 nitrogen and oxygen atoms in total. The number of hydrogen-bond donors (Lipinski definition) is 0. The van der Waals surface area contributed by atoms with Crippen molar-refractivity contribution in [2.45, 2.75) is 91.0 Å². The lowest BCUT2D eigenvalue weighted by molar-refractivity contribution is -0.139. The molecule has 1 fully saturated rings. The molecule has 0 unspecified atom stereocenters. The molecule has 1 aliphatic heterocycles. The number of imide groups is 1. The van der Waals surface area contributed by atoms with Crippen molar-refractivity contribution < 1.29 is 28.2 Å². The van der Waals surface area contributed by atoms with Crippen LogP contribution in [0, 0.1) is 17.8 Å². The monoisotopic (exact) mass is 635 g/mol. The van der Waals surface area contributed by atoms with Crippen LogP contribution in [-0.4, -0.2) is 57.2 Å². The summed E-state index contributed by atoms with van der Waals surface area (Å²) in [6.07, 6.45) is 4.89. The quantitative estimate of drug-likeness (QED) is 0.145. The highest BCUT2D eigenvalue weighted by Crippen LogP contribution is 2.41. The number of ether oxygens (including phenoxy) is 3. The molecule has 1 heterocycles. The van der Waals surface area contributed by atoms with E-state index in [1.165, 1.54) is 4.90 Å². The molecule has 0 N–H and O–H groups in total. The van der Waals surface area contributed by atoms with Gasteiger partial charge < -0.3 is 18.6 Å². The molecular weight excluding hydrogens is 582 g/mol. The standard InChI is InChI=1S/C37H53NO6Si/c1-11-12-16-26(2)33(42-24-30-19-21-32(41-8)22-20-30)27(3)34(44-45(9,10)37(5,6)7)28(4)35(39)38-31(25-43-36(38)40)23-29-17-14-13-15-18-29/h11-22,26-28,31,33-34H,1,23-25H2,2-10H3/b16-12-/t26-,27+,28+,31+,33-,34-/m0/s1. The number of cyclic esters (lactones) is 1. The summed E-state index contributed by atoms with van der Waals surface area (Å²) in [7, 11) is -0.722. The van der Waals surface area contributed by atoms with Crippen LogP contribution in [0.2, 0.25) is 18.1 Å². The summed E-state index contributed by atoms with van der Waals surface area (Å²) in [4.78, 5) is 28.7. The van der Waals surface area contributed by atoms with Gasteiger partial charge in [0.2, 0.25) is 5.91 Å². The average Bonchev–Trinajstić information content (AvgIpc) is 3.37. The minimum Gasteiger partial charge on any atom is -0.497 e. The first-order chi connectivity index (χ1) is 21.2. The van der Waals surface area contributed by atoms with E-state index in [2.05, 4.69) is 60.4 Å². The molecule has 0 saturated carbocycles. The maximum atomic E-state index is 14.3. The molecule has 3 rings (SSSR count). The van der Waals surface area contributed by atoms with Crippen molar-refractivity contribution in [1.82, 2.24) is 4.90 Å². The van der Waals surface area contributed by atoms with E-state index < -0.39 is 26.4 Å². The van der Waals surface area contributed by atoms with E-state index >= 15 is 0 Å². The van der Waals surface area contributed by atoms with Crippen LogP contribution in [0.4, 0.5) is 4.79 Å². The van der Waals surface area contributed by atoms with Crippen molar-refractivity contribution in [2.24, 2.45) is 17.8 Å². The fourth-order valence-electron chi connectivity index (χ4n) is 5.56. The van der Waals surface area contributed by atoms with Crippen molar-refractivity contribution in [2.75, 3.05) is 13.7 Å². The Kier molecular flexibility index (Phi) is 12.8. The highest BCUT2D eigenvalue weighted by Gasteiger charge is 2.48. The number of methoxy groups -OCH3 is 1. The highest BCUT2D eigenvalue weighted by molar-refractivity contribution is 6.74. The Bertz CT molecular complexity index is 1290. The van der Waals surface area contributed by atoms with Crippen molar-refractivity contribution in [3.63, 3.8) is 0 Å². The van der Waals surface area contributed by atoms with Crippen molar-refractivity contribution in [3.8, 4) is 5.75 Å². The first kappa shape index (κ1) is 36.3. The molecule has 0 bridgehead atoms. The van der Waals surface area contributed by atoms with E-state index in [1.54, 1.807) is 13.2 Å². The van der Waals surface area contributed by atoms with E-state index in [4.69, 9.17) is 18.6 Å². The minimum atomic E-state index is -2.37. The second-order valence-corrected chi connectivity index (χ2v) is 18.5. The maximum Gasteiger partial charge on any atom is 0.416 e. The molecule has 0 spiro atoms. The van der Waals surface area contributed by atoms with Crippen molar-refractivity contribution >= 4 is 20.3 Å². The smallest absolute Gasteiger partial charge is 0.416 e. The highest BCUT2D eigenvalue weighted by atomic mass is 28.4. The van der Waals surface area contributed by atoms with E-state index in [9.17, 15) is 9.59 Å². The normalized spacial score (nSPS) is 19.1. The van der Waals surface area contributed by atoms with Gasteiger partial charge in [-0.3, -0.25) is 4.79 Å². The van der Waals surface area contributed by atoms with Gasteiger partial charge in [0.25, 0.3) is 0 Å². The zero-order valence-corrected chi connectivity index (χ0v) is 29.6. The van der Waals surface area contributed by atoms with E-state index in [0.717, 1.165) is 16.9 Å². The van der Waals surface area contributed by atoms with Gasteiger partial charge in [0, 0.05) is 11.8 Å². The number of hydrogen-bond acceptors (Lipinski definition) is 6. The third-order valence-electron chi connectivity index (χ3n) is 9.34. The number of benzene rings is 2. The van der Waals surface area contributed by atoms with Gasteiger partial charge >= 0.3 is 6.09 Å². The van der Waals surface area contributed by atoms with Gasteiger partial charge in [0.15, 0.2) is 8.32 Å². The fraction of sp³-hybridized carbons (Fsp3) is 0.514. The Balaban J connectivity index is 1.96. The van der Waals surface area contributed by atoms with Crippen LogP contribution in [0.3, 0.4) is 0 Å². The Morgan fingerprint density at radius 2 is 1.69 bits per heavy atom. The van der Waals surface area contributed by atoms with Crippen LogP contribution in [0.15, 0.2) is 79.4 Å². The van der Waals surface area contributed by atoms with Crippen LogP contribution in [0.25, 0.3) is 0 Å². The lowest BCUT2D eigenvalue weighted by Crippen LogP contribution is -2.54. The van der Waals surface area contributed by atoms with E-state index in [1.807, 2.05) is 67.6 Å². The molecular formula is C37H53NO6Si. The first-order valence-corrected chi connectivity index (χ1v) is 18.9. The molecule has 2 aromatic rings. The Morgan fingerprint density at radius 3 is 2.27 bits per heavy atom. The van der Waals surface area contributed by atoms with Gasteiger partial charge in [0.1, 0.15) is 12.4 Å². The van der Waals surface area contributed by atoms with Gasteiger partial charge in [-0.2, -0.15) is 0 Å². The predicted molar refractivity (Wildman–Crippen MR) is 183 cm³/mol. The number of carbonyl (C=O) groups excluding carboxylic acids is 2. The molecule has 6 atom stereocenters. The summed E-state index contributed by atoms with van der Waals surface area (Å²) in [5.74, 6) is -0.330. The number of carbonyl (C=O) groups is 2. The number of amides is 2. The lowest BCUT2D eigenvalue weighted by atomic mass is 9.83. The summed E-state index contributed by atoms with van der Waals surface area (Å²) >= 11 is 0. The van der Waals surface area contributed by atoms with Gasteiger partial charge in [-0.25, -0.2) is 9.69 Å². The molecule has 0 radical (unpaired) electrons. The molecule has 246 valence electrons. The van der Waals surface area contributed by atoms with Crippen LogP contribution in [0.1, 0.15) is 52.7 Å². The molecule has 8 heteroatoms. The van der Waals surface area contributed by atoms with E-state index in [0.29, 0.717) is 13.0 Å². The SMILES string of the molecule is C=C/C=C\[C@H](C)[C@H](OCc1ccc(OC)cc1)[C@@H](C)[C@H](O[Si](C)(C)C(C)(C)C)[C@@H](C)C(=O)N1C(=O)OC[C@H]1Cc1ccccc1. The average molecular weight is 636 g/mol. The van der Waals surface area contributed by atoms with Gasteiger partial charge in [-0.05, 0) is 47.8 Å². The second-order valence-electron chi connectivity index (χ2n) is 13.7. The summed E-state index contributed by atoms with van der Waals surface area (Å²) in [6.45, 7) is 21.5. The molecule has 0 aliphatic carbocycles. The van der Waals surface area contributed by atoms with Gasteiger partial charge in [-0.15, -0.1) is 0 Å². The van der Waals surface area contributed by atoms with Crippen molar-refractivity contribution in [1.29, 1.82) is 0 Å². The van der Waals surface area contributed by atoms with Gasteiger partial charge in [0.05, 0.1) is 37.9 Å². The molecule has 1 saturated heterocycles. The molecule has 45 heavy (non-hydrogen) atoms. The summed E-state index contributed by atoms with van der Waals surface area (Å²) in [5.41, 5.74) is 2.06. The lowest BCUT2D eigenvalue weighted by Gasteiger charge is -2.45. The largest absolute Gasteiger partial charge is 0.497 e. The third kappa shape index (κ3) is 9.41. The number of allylic oxidation sites excluding steroid dienone is 2. The molecule has 2 amide bonds. The minimum absolute atomic E-state index is 0.00773. The topological polar surface area (TPSA) is 74.3 Å². The molecule has 2 aromatic carbocycles. The predicted octanol–water partition coefficient (Wildman–Crippen LogP) is 8.21. The number of nitrogens with zero attached hydrogens (tertiary/aromatic N) is 1. The second kappa shape index (κ2) is 15.9.